The lowest BCUT2D eigenvalue weighted by molar-refractivity contribution is 0.201. The van der Waals surface area contributed by atoms with Crippen LogP contribution in [0.2, 0.25) is 0 Å². The molecule has 1 aromatic carbocycles. The van der Waals surface area contributed by atoms with Crippen molar-refractivity contribution in [2.75, 3.05) is 19.8 Å². The monoisotopic (exact) mass is 311 g/mol. The Bertz CT molecular complexity index is 639. The van der Waals surface area contributed by atoms with E-state index < -0.39 is 10.0 Å². The summed E-state index contributed by atoms with van der Waals surface area (Å²) in [5, 5.41) is 8.65. The van der Waals surface area contributed by atoms with Crippen LogP contribution in [-0.4, -0.2) is 43.3 Å². The van der Waals surface area contributed by atoms with Crippen LogP contribution in [0.25, 0.3) is 0 Å². The molecule has 0 radical (unpaired) electrons. The Hall–Kier alpha value is -1.90. The third-order valence-corrected chi connectivity index (χ3v) is 4.18. The molecule has 0 atom stereocenters. The largest absolute Gasteiger partial charge is 0.491 e. The minimum atomic E-state index is -3.55. The Balaban J connectivity index is 1.92. The predicted octanol–water partition coefficient (Wildman–Crippen LogP) is 0.302. The van der Waals surface area contributed by atoms with Gasteiger partial charge < -0.3 is 14.8 Å². The van der Waals surface area contributed by atoms with E-state index in [1.54, 1.807) is 24.5 Å². The molecule has 0 aliphatic rings. The number of rotatable bonds is 8. The topological polar surface area (TPSA) is 104 Å². The van der Waals surface area contributed by atoms with Gasteiger partial charge in [0.2, 0.25) is 10.0 Å². The van der Waals surface area contributed by atoms with E-state index in [9.17, 15) is 8.42 Å². The molecule has 0 unspecified atom stereocenters. The van der Waals surface area contributed by atoms with Gasteiger partial charge in [-0.2, -0.15) is 0 Å². The minimum absolute atomic E-state index is 0.0889. The minimum Gasteiger partial charge on any atom is -0.491 e. The van der Waals surface area contributed by atoms with Gasteiger partial charge in [-0.1, -0.05) is 0 Å². The van der Waals surface area contributed by atoms with E-state index in [2.05, 4.69) is 14.7 Å². The van der Waals surface area contributed by atoms with Gasteiger partial charge in [0.25, 0.3) is 0 Å². The summed E-state index contributed by atoms with van der Waals surface area (Å²) in [6, 6.07) is 6.03. The summed E-state index contributed by atoms with van der Waals surface area (Å²) in [4.78, 5) is 7.09. The van der Waals surface area contributed by atoms with Crippen molar-refractivity contribution in [3.05, 3.63) is 42.5 Å². The number of aliphatic hydroxyl groups is 1. The number of aromatic amines is 1. The van der Waals surface area contributed by atoms with Crippen LogP contribution in [0, 0.1) is 0 Å². The maximum absolute atomic E-state index is 12.1. The van der Waals surface area contributed by atoms with E-state index in [4.69, 9.17) is 9.84 Å². The Kier molecular flexibility index (Phi) is 5.32. The summed E-state index contributed by atoms with van der Waals surface area (Å²) in [7, 11) is -3.55. The van der Waals surface area contributed by atoms with E-state index in [1.165, 1.54) is 12.1 Å². The van der Waals surface area contributed by atoms with Crippen molar-refractivity contribution in [3.63, 3.8) is 0 Å². The number of imidazole rings is 1. The number of aromatic nitrogens is 2. The van der Waals surface area contributed by atoms with Crippen molar-refractivity contribution in [1.29, 1.82) is 0 Å². The first-order valence-corrected chi connectivity index (χ1v) is 7.92. The van der Waals surface area contributed by atoms with Crippen molar-refractivity contribution in [3.8, 4) is 5.75 Å². The molecule has 0 saturated heterocycles. The van der Waals surface area contributed by atoms with E-state index in [0.717, 1.165) is 5.82 Å². The van der Waals surface area contributed by atoms with Crippen LogP contribution in [0.3, 0.4) is 0 Å². The molecule has 0 fully saturated rings. The highest BCUT2D eigenvalue weighted by atomic mass is 32.2. The van der Waals surface area contributed by atoms with E-state index >= 15 is 0 Å². The first-order valence-electron chi connectivity index (χ1n) is 6.43. The average Bonchev–Trinajstić information content (AvgIpc) is 2.98. The highest BCUT2D eigenvalue weighted by Crippen LogP contribution is 2.15. The summed E-state index contributed by atoms with van der Waals surface area (Å²) < 4.78 is 31.8. The molecule has 114 valence electrons. The van der Waals surface area contributed by atoms with Gasteiger partial charge in [0.05, 0.1) is 11.5 Å². The van der Waals surface area contributed by atoms with Crippen LogP contribution in [0.5, 0.6) is 5.75 Å². The van der Waals surface area contributed by atoms with Crippen LogP contribution < -0.4 is 9.46 Å². The van der Waals surface area contributed by atoms with Crippen LogP contribution in [-0.2, 0) is 16.4 Å². The van der Waals surface area contributed by atoms with Crippen LogP contribution in [0.1, 0.15) is 5.82 Å². The highest BCUT2D eigenvalue weighted by molar-refractivity contribution is 7.89. The molecule has 1 heterocycles. The Morgan fingerprint density at radius 1 is 1.29 bits per heavy atom. The molecular weight excluding hydrogens is 294 g/mol. The van der Waals surface area contributed by atoms with E-state index in [-0.39, 0.29) is 24.7 Å². The lowest BCUT2D eigenvalue weighted by atomic mass is 10.3. The van der Waals surface area contributed by atoms with Crippen LogP contribution in [0.4, 0.5) is 0 Å². The lowest BCUT2D eigenvalue weighted by Gasteiger charge is -2.08. The quantitative estimate of drug-likeness (QED) is 0.650. The van der Waals surface area contributed by atoms with Crippen molar-refractivity contribution in [2.45, 2.75) is 11.3 Å². The maximum Gasteiger partial charge on any atom is 0.240 e. The van der Waals surface area contributed by atoms with Gasteiger partial charge in [0.15, 0.2) is 0 Å². The number of hydrogen-bond acceptors (Lipinski definition) is 5. The SMILES string of the molecule is O=S(=O)(NCCc1ncc[nH]1)c1ccc(OCCO)cc1. The Morgan fingerprint density at radius 2 is 2.05 bits per heavy atom. The van der Waals surface area contributed by atoms with Crippen molar-refractivity contribution in [2.24, 2.45) is 0 Å². The van der Waals surface area contributed by atoms with Crippen molar-refractivity contribution >= 4 is 10.0 Å². The second kappa shape index (κ2) is 7.21. The molecule has 0 aliphatic heterocycles. The van der Waals surface area contributed by atoms with Gasteiger partial charge in [-0.15, -0.1) is 0 Å². The molecule has 3 N–H and O–H groups in total. The zero-order chi connectivity index (χ0) is 15.1. The molecule has 0 aliphatic carbocycles. The predicted molar refractivity (Wildman–Crippen MR) is 76.5 cm³/mol. The van der Waals surface area contributed by atoms with Crippen molar-refractivity contribution in [1.82, 2.24) is 14.7 Å². The summed E-state index contributed by atoms with van der Waals surface area (Å²) >= 11 is 0. The zero-order valence-corrected chi connectivity index (χ0v) is 12.1. The number of aliphatic hydroxyl groups excluding tert-OH is 1. The molecule has 0 amide bonds. The summed E-state index contributed by atoms with van der Waals surface area (Å²) in [6.07, 6.45) is 3.80. The van der Waals surface area contributed by atoms with Gasteiger partial charge in [-0.05, 0) is 24.3 Å². The molecule has 2 aromatic rings. The first-order chi connectivity index (χ1) is 10.1. The number of benzene rings is 1. The van der Waals surface area contributed by atoms with Crippen LogP contribution in [0.15, 0.2) is 41.6 Å². The van der Waals surface area contributed by atoms with Crippen LogP contribution >= 0.6 is 0 Å². The molecule has 1 aromatic heterocycles. The second-order valence-electron chi connectivity index (χ2n) is 4.23. The van der Waals surface area contributed by atoms with E-state index in [0.29, 0.717) is 12.2 Å². The van der Waals surface area contributed by atoms with Gasteiger partial charge in [-0.3, -0.25) is 0 Å². The second-order valence-corrected chi connectivity index (χ2v) is 5.99. The van der Waals surface area contributed by atoms with Crippen molar-refractivity contribution < 1.29 is 18.3 Å². The summed E-state index contributed by atoms with van der Waals surface area (Å²) in [5.41, 5.74) is 0. The summed E-state index contributed by atoms with van der Waals surface area (Å²) in [5.74, 6) is 1.24. The number of nitrogens with zero attached hydrogens (tertiary/aromatic N) is 1. The molecule has 0 spiro atoms. The summed E-state index contributed by atoms with van der Waals surface area (Å²) in [6.45, 7) is 0.348. The number of hydrogen-bond donors (Lipinski definition) is 3. The molecular formula is C13H17N3O4S. The van der Waals surface area contributed by atoms with Gasteiger partial charge >= 0.3 is 0 Å². The molecule has 21 heavy (non-hydrogen) atoms. The molecule has 7 nitrogen and oxygen atoms in total. The fraction of sp³-hybridized carbons (Fsp3) is 0.308. The van der Waals surface area contributed by atoms with Gasteiger partial charge in [-0.25, -0.2) is 18.1 Å². The fourth-order valence-corrected chi connectivity index (χ4v) is 2.73. The number of sulfonamides is 1. The van der Waals surface area contributed by atoms with E-state index in [1.807, 2.05) is 0 Å². The normalized spacial score (nSPS) is 11.5. The standard InChI is InChI=1S/C13H17N3O4S/c17-9-10-20-11-1-3-12(4-2-11)21(18,19)16-6-5-13-14-7-8-15-13/h1-4,7-8,16-17H,5-6,9-10H2,(H,14,15). The van der Waals surface area contributed by atoms with Gasteiger partial charge in [0.1, 0.15) is 18.2 Å². The van der Waals surface area contributed by atoms with Gasteiger partial charge in [0, 0.05) is 25.4 Å². The number of nitrogens with one attached hydrogen (secondary N) is 2. The Labute approximate surface area is 123 Å². The zero-order valence-electron chi connectivity index (χ0n) is 11.3. The first kappa shape index (κ1) is 15.5. The number of H-pyrrole nitrogens is 1. The highest BCUT2D eigenvalue weighted by Gasteiger charge is 2.13. The molecule has 2 rings (SSSR count). The maximum atomic E-state index is 12.1. The average molecular weight is 311 g/mol. The number of ether oxygens (including phenoxy) is 1. The molecule has 8 heteroatoms. The molecule has 0 bridgehead atoms. The third-order valence-electron chi connectivity index (χ3n) is 2.70. The molecule has 0 saturated carbocycles. The third kappa shape index (κ3) is 4.55. The fourth-order valence-electron chi connectivity index (χ4n) is 1.70. The Morgan fingerprint density at radius 3 is 2.67 bits per heavy atom. The smallest absolute Gasteiger partial charge is 0.240 e. The lowest BCUT2D eigenvalue weighted by Crippen LogP contribution is -2.26.